The summed E-state index contributed by atoms with van der Waals surface area (Å²) in [6.45, 7) is 8.52. The Bertz CT molecular complexity index is 938. The molecule has 0 bridgehead atoms. The Labute approximate surface area is 201 Å². The van der Waals surface area contributed by atoms with Crippen molar-refractivity contribution < 1.29 is 24.2 Å². The fraction of sp³-hybridized carbons (Fsp3) is 0.462. The molecule has 1 unspecified atom stereocenters. The lowest BCUT2D eigenvalue weighted by molar-refractivity contribution is -0.157. The minimum atomic E-state index is -1.16. The van der Waals surface area contributed by atoms with Gasteiger partial charge < -0.3 is 19.9 Å². The number of hydrogen-bond acceptors (Lipinski definition) is 5. The number of amides is 1. The summed E-state index contributed by atoms with van der Waals surface area (Å²) < 4.78 is 10.6. The molecule has 33 heavy (non-hydrogen) atoms. The number of rotatable bonds is 9. The lowest BCUT2D eigenvalue weighted by Gasteiger charge is -2.31. The summed E-state index contributed by atoms with van der Waals surface area (Å²) in [5, 5.41) is 13.5. The first-order valence-corrected chi connectivity index (χ1v) is 11.5. The summed E-state index contributed by atoms with van der Waals surface area (Å²) in [5.74, 6) is -0.500. The second-order valence-corrected chi connectivity index (χ2v) is 9.83. The SMILES string of the molecule is CCOC(=O)C(C)(CO)C[C@@H](Cc1ccc(-c2cccc(Cl)c2)cc1)NC(=O)OC(C)(C)C. The van der Waals surface area contributed by atoms with E-state index in [0.717, 1.165) is 16.7 Å². The van der Waals surface area contributed by atoms with Crippen LogP contribution in [0.15, 0.2) is 48.5 Å². The third-order valence-electron chi connectivity index (χ3n) is 5.13. The van der Waals surface area contributed by atoms with Crippen LogP contribution in [0.25, 0.3) is 11.1 Å². The van der Waals surface area contributed by atoms with Crippen LogP contribution in [0.5, 0.6) is 0 Å². The van der Waals surface area contributed by atoms with Gasteiger partial charge >= 0.3 is 12.1 Å². The van der Waals surface area contributed by atoms with E-state index in [1.807, 2.05) is 48.5 Å². The van der Waals surface area contributed by atoms with Gasteiger partial charge in [0.25, 0.3) is 0 Å². The average Bonchev–Trinajstić information content (AvgIpc) is 2.73. The van der Waals surface area contributed by atoms with Crippen LogP contribution in [0, 0.1) is 5.41 Å². The minimum Gasteiger partial charge on any atom is -0.466 e. The van der Waals surface area contributed by atoms with Crippen LogP contribution in [0.4, 0.5) is 4.79 Å². The molecule has 0 aliphatic carbocycles. The van der Waals surface area contributed by atoms with E-state index < -0.39 is 35.7 Å². The number of halogens is 1. The Morgan fingerprint density at radius 3 is 2.27 bits per heavy atom. The van der Waals surface area contributed by atoms with Gasteiger partial charge in [-0.25, -0.2) is 4.79 Å². The van der Waals surface area contributed by atoms with Crippen molar-refractivity contribution in [2.24, 2.45) is 5.41 Å². The number of carbonyl (C=O) groups excluding carboxylic acids is 2. The van der Waals surface area contributed by atoms with Crippen LogP contribution in [0.1, 0.15) is 46.6 Å². The van der Waals surface area contributed by atoms with Crippen LogP contribution in [-0.4, -0.2) is 42.0 Å². The second-order valence-electron chi connectivity index (χ2n) is 9.40. The van der Waals surface area contributed by atoms with Gasteiger partial charge in [-0.2, -0.15) is 0 Å². The van der Waals surface area contributed by atoms with Crippen molar-refractivity contribution in [2.75, 3.05) is 13.2 Å². The quantitative estimate of drug-likeness (QED) is 0.474. The van der Waals surface area contributed by atoms with E-state index in [-0.39, 0.29) is 13.0 Å². The number of esters is 1. The fourth-order valence-corrected chi connectivity index (χ4v) is 3.69. The molecule has 0 aliphatic rings. The largest absolute Gasteiger partial charge is 0.466 e. The maximum absolute atomic E-state index is 12.5. The molecular weight excluding hydrogens is 442 g/mol. The van der Waals surface area contributed by atoms with Gasteiger partial charge in [-0.1, -0.05) is 48.0 Å². The number of benzene rings is 2. The average molecular weight is 476 g/mol. The summed E-state index contributed by atoms with van der Waals surface area (Å²) >= 11 is 6.10. The number of ether oxygens (including phenoxy) is 2. The van der Waals surface area contributed by atoms with Gasteiger partial charge in [-0.3, -0.25) is 4.79 Å². The second kappa shape index (κ2) is 11.5. The monoisotopic (exact) mass is 475 g/mol. The normalized spacial score (nSPS) is 14.2. The van der Waals surface area contributed by atoms with Crippen LogP contribution in [-0.2, 0) is 20.7 Å². The molecule has 0 heterocycles. The molecule has 180 valence electrons. The van der Waals surface area contributed by atoms with E-state index >= 15 is 0 Å². The van der Waals surface area contributed by atoms with E-state index in [0.29, 0.717) is 11.4 Å². The predicted octanol–water partition coefficient (Wildman–Crippen LogP) is 5.39. The number of alkyl carbamates (subject to hydrolysis) is 1. The highest BCUT2D eigenvalue weighted by atomic mass is 35.5. The number of aliphatic hydroxyl groups is 1. The molecule has 2 N–H and O–H groups in total. The van der Waals surface area contributed by atoms with Gasteiger partial charge in [0.05, 0.1) is 18.6 Å². The Morgan fingerprint density at radius 1 is 1.06 bits per heavy atom. The van der Waals surface area contributed by atoms with E-state index in [1.165, 1.54) is 0 Å². The zero-order chi connectivity index (χ0) is 24.6. The third-order valence-corrected chi connectivity index (χ3v) is 5.36. The molecule has 2 aromatic carbocycles. The lowest BCUT2D eigenvalue weighted by atomic mass is 9.82. The van der Waals surface area contributed by atoms with Gasteiger partial charge in [0.1, 0.15) is 5.60 Å². The van der Waals surface area contributed by atoms with E-state index in [1.54, 1.807) is 34.6 Å². The molecule has 0 aliphatic heterocycles. The summed E-state index contributed by atoms with van der Waals surface area (Å²) in [5.41, 5.74) is 1.17. The Balaban J connectivity index is 2.23. The molecule has 0 spiro atoms. The first-order valence-electron chi connectivity index (χ1n) is 11.1. The minimum absolute atomic E-state index is 0.192. The zero-order valence-corrected chi connectivity index (χ0v) is 20.7. The molecule has 2 aromatic rings. The van der Waals surface area contributed by atoms with E-state index in [4.69, 9.17) is 21.1 Å². The van der Waals surface area contributed by atoms with Crippen molar-refractivity contribution in [1.29, 1.82) is 0 Å². The highest BCUT2D eigenvalue weighted by molar-refractivity contribution is 6.30. The molecular formula is C26H34ClNO5. The summed E-state index contributed by atoms with van der Waals surface area (Å²) in [4.78, 5) is 25.0. The maximum atomic E-state index is 12.5. The molecule has 7 heteroatoms. The first-order chi connectivity index (χ1) is 15.5. The van der Waals surface area contributed by atoms with Gasteiger partial charge in [0, 0.05) is 11.1 Å². The Kier molecular flexibility index (Phi) is 9.32. The fourth-order valence-electron chi connectivity index (χ4n) is 3.50. The summed E-state index contributed by atoms with van der Waals surface area (Å²) in [6.07, 6.45) is 0.0639. The van der Waals surface area contributed by atoms with Crippen molar-refractivity contribution in [3.8, 4) is 11.1 Å². The topological polar surface area (TPSA) is 84.9 Å². The molecule has 0 saturated carbocycles. The molecule has 2 atom stereocenters. The highest BCUT2D eigenvalue weighted by Gasteiger charge is 2.37. The predicted molar refractivity (Wildman–Crippen MR) is 130 cm³/mol. The van der Waals surface area contributed by atoms with Crippen molar-refractivity contribution in [1.82, 2.24) is 5.32 Å². The molecule has 0 fully saturated rings. The third kappa shape index (κ3) is 8.37. The van der Waals surface area contributed by atoms with Crippen molar-refractivity contribution in [2.45, 2.75) is 59.1 Å². The van der Waals surface area contributed by atoms with Crippen LogP contribution < -0.4 is 5.32 Å². The molecule has 0 saturated heterocycles. The molecule has 0 radical (unpaired) electrons. The van der Waals surface area contributed by atoms with Gasteiger partial charge in [0.15, 0.2) is 0 Å². The number of nitrogens with one attached hydrogen (secondary N) is 1. The number of aliphatic hydroxyl groups excluding tert-OH is 1. The van der Waals surface area contributed by atoms with Crippen molar-refractivity contribution in [3.05, 3.63) is 59.1 Å². The van der Waals surface area contributed by atoms with Crippen molar-refractivity contribution in [3.63, 3.8) is 0 Å². The maximum Gasteiger partial charge on any atom is 0.407 e. The van der Waals surface area contributed by atoms with Gasteiger partial charge in [-0.05, 0) is 76.3 Å². The molecule has 0 aromatic heterocycles. The van der Waals surface area contributed by atoms with Gasteiger partial charge in [0.2, 0.25) is 0 Å². The van der Waals surface area contributed by atoms with Crippen LogP contribution in [0.2, 0.25) is 5.02 Å². The van der Waals surface area contributed by atoms with Gasteiger partial charge in [-0.15, -0.1) is 0 Å². The smallest absolute Gasteiger partial charge is 0.407 e. The van der Waals surface area contributed by atoms with E-state index in [2.05, 4.69) is 5.32 Å². The summed E-state index contributed by atoms with van der Waals surface area (Å²) in [7, 11) is 0. The molecule has 1 amide bonds. The van der Waals surface area contributed by atoms with Crippen LogP contribution >= 0.6 is 11.6 Å². The Hall–Kier alpha value is -2.57. The van der Waals surface area contributed by atoms with Crippen molar-refractivity contribution >= 4 is 23.7 Å². The Morgan fingerprint density at radius 2 is 1.73 bits per heavy atom. The zero-order valence-electron chi connectivity index (χ0n) is 20.0. The molecule has 2 rings (SSSR count). The standard InChI is InChI=1S/C26H34ClNO5/c1-6-32-23(30)26(5,17-29)16-22(28-24(31)33-25(2,3)4)14-18-10-12-19(13-11-18)20-8-7-9-21(27)15-20/h7-13,15,22,29H,6,14,16-17H2,1-5H3,(H,28,31)/t22-,26?/m1/s1. The number of hydrogen-bond donors (Lipinski definition) is 2. The number of carbonyl (C=O) groups is 2. The lowest BCUT2D eigenvalue weighted by Crippen LogP contribution is -2.46. The molecule has 6 nitrogen and oxygen atoms in total. The summed E-state index contributed by atoms with van der Waals surface area (Å²) in [6, 6.07) is 15.1. The first kappa shape index (κ1) is 26.7. The van der Waals surface area contributed by atoms with Crippen LogP contribution in [0.3, 0.4) is 0 Å². The highest BCUT2D eigenvalue weighted by Crippen LogP contribution is 2.28. The van der Waals surface area contributed by atoms with E-state index in [9.17, 15) is 14.7 Å².